The van der Waals surface area contributed by atoms with Crippen LogP contribution in [0.25, 0.3) is 10.9 Å². The van der Waals surface area contributed by atoms with E-state index < -0.39 is 0 Å². The number of aromatic amines is 1. The van der Waals surface area contributed by atoms with Crippen molar-refractivity contribution in [2.24, 2.45) is 5.92 Å². The average molecular weight is 270 g/mol. The first-order valence-corrected chi connectivity index (χ1v) is 7.62. The van der Waals surface area contributed by atoms with Gasteiger partial charge in [-0.05, 0) is 24.8 Å². The van der Waals surface area contributed by atoms with Crippen LogP contribution >= 0.6 is 0 Å². The Morgan fingerprint density at radius 1 is 1.20 bits per heavy atom. The van der Waals surface area contributed by atoms with E-state index in [1.807, 2.05) is 30.5 Å². The summed E-state index contributed by atoms with van der Waals surface area (Å²) in [4.78, 5) is 15.7. The Morgan fingerprint density at radius 3 is 2.90 bits per heavy atom. The summed E-state index contributed by atoms with van der Waals surface area (Å²) in [6, 6.07) is 8.27. The lowest BCUT2D eigenvalue weighted by Gasteiger charge is -2.22. The van der Waals surface area contributed by atoms with E-state index in [-0.39, 0.29) is 5.91 Å². The van der Waals surface area contributed by atoms with Crippen LogP contribution in [-0.4, -0.2) is 16.9 Å². The number of H-pyrrole nitrogens is 1. The number of para-hydroxylation sites is 1. The summed E-state index contributed by atoms with van der Waals surface area (Å²) in [5.74, 6) is 0.632. The smallest absolute Gasteiger partial charge is 0.253 e. The Kier molecular flexibility index (Phi) is 3.77. The van der Waals surface area contributed by atoms with Crippen LogP contribution in [0.4, 0.5) is 0 Å². The molecule has 0 aliphatic heterocycles. The Morgan fingerprint density at radius 2 is 2.00 bits per heavy atom. The van der Waals surface area contributed by atoms with Crippen LogP contribution in [0.5, 0.6) is 0 Å². The highest BCUT2D eigenvalue weighted by Gasteiger charge is 2.23. The number of hydrogen-bond acceptors (Lipinski definition) is 1. The van der Waals surface area contributed by atoms with Gasteiger partial charge < -0.3 is 10.3 Å². The quantitative estimate of drug-likeness (QED) is 0.799. The van der Waals surface area contributed by atoms with E-state index in [9.17, 15) is 4.79 Å². The molecule has 2 unspecified atom stereocenters. The second-order valence-electron chi connectivity index (χ2n) is 5.94. The minimum atomic E-state index is 0.0567. The molecule has 0 bridgehead atoms. The first-order chi connectivity index (χ1) is 9.75. The molecule has 20 heavy (non-hydrogen) atoms. The number of nitrogens with one attached hydrogen (secondary N) is 2. The summed E-state index contributed by atoms with van der Waals surface area (Å²) in [6.45, 7) is 2.26. The van der Waals surface area contributed by atoms with Gasteiger partial charge in [0.15, 0.2) is 0 Å². The average Bonchev–Trinajstić information content (AvgIpc) is 2.79. The minimum absolute atomic E-state index is 0.0567. The fourth-order valence-electron chi connectivity index (χ4n) is 3.21. The predicted molar refractivity (Wildman–Crippen MR) is 81.8 cm³/mol. The molecular weight excluding hydrogens is 248 g/mol. The van der Waals surface area contributed by atoms with Crippen molar-refractivity contribution in [2.75, 3.05) is 0 Å². The summed E-state index contributed by atoms with van der Waals surface area (Å²) in [6.07, 6.45) is 7.96. The van der Waals surface area contributed by atoms with Crippen molar-refractivity contribution in [1.29, 1.82) is 0 Å². The van der Waals surface area contributed by atoms with Crippen LogP contribution in [0, 0.1) is 5.92 Å². The number of carbonyl (C=O) groups is 1. The molecule has 0 spiro atoms. The lowest BCUT2D eigenvalue weighted by Crippen LogP contribution is -2.38. The van der Waals surface area contributed by atoms with Crippen LogP contribution in [-0.2, 0) is 0 Å². The second-order valence-corrected chi connectivity index (χ2v) is 5.94. The molecule has 1 aromatic heterocycles. The zero-order valence-corrected chi connectivity index (χ0v) is 12.0. The van der Waals surface area contributed by atoms with Crippen LogP contribution in [0.2, 0.25) is 0 Å². The maximum atomic E-state index is 12.5. The molecule has 0 radical (unpaired) electrons. The Labute approximate surface area is 119 Å². The van der Waals surface area contributed by atoms with Gasteiger partial charge in [0, 0.05) is 23.1 Å². The normalized spacial score (nSPS) is 23.4. The minimum Gasteiger partial charge on any atom is -0.360 e. The molecule has 3 rings (SSSR count). The van der Waals surface area contributed by atoms with E-state index >= 15 is 0 Å². The summed E-state index contributed by atoms with van der Waals surface area (Å²) in [5, 5.41) is 4.25. The zero-order valence-electron chi connectivity index (χ0n) is 12.0. The van der Waals surface area contributed by atoms with Gasteiger partial charge in [0.2, 0.25) is 0 Å². The van der Waals surface area contributed by atoms with Gasteiger partial charge in [0.05, 0.1) is 5.56 Å². The van der Waals surface area contributed by atoms with Crippen molar-refractivity contribution < 1.29 is 4.79 Å². The van der Waals surface area contributed by atoms with E-state index in [2.05, 4.69) is 17.2 Å². The highest BCUT2D eigenvalue weighted by atomic mass is 16.1. The number of amides is 1. The monoisotopic (exact) mass is 270 g/mol. The van der Waals surface area contributed by atoms with Crippen molar-refractivity contribution in [1.82, 2.24) is 10.3 Å². The molecule has 3 heteroatoms. The fraction of sp³-hybridized carbons (Fsp3) is 0.471. The van der Waals surface area contributed by atoms with Gasteiger partial charge in [0.25, 0.3) is 5.91 Å². The Hall–Kier alpha value is -1.77. The molecule has 3 nitrogen and oxygen atoms in total. The first kappa shape index (κ1) is 13.2. The van der Waals surface area contributed by atoms with E-state index in [0.717, 1.165) is 22.9 Å². The number of hydrogen-bond donors (Lipinski definition) is 2. The third-order valence-electron chi connectivity index (χ3n) is 4.51. The SMILES string of the molecule is CC1CCCCCC1NC(=O)c1c[nH]c2ccccc12. The second kappa shape index (κ2) is 5.70. The third-order valence-corrected chi connectivity index (χ3v) is 4.51. The van der Waals surface area contributed by atoms with E-state index in [1.165, 1.54) is 25.7 Å². The van der Waals surface area contributed by atoms with Gasteiger partial charge in [-0.2, -0.15) is 0 Å². The fourth-order valence-corrected chi connectivity index (χ4v) is 3.21. The molecule has 2 atom stereocenters. The van der Waals surface area contributed by atoms with Crippen LogP contribution in [0.1, 0.15) is 49.4 Å². The number of aromatic nitrogens is 1. The Balaban J connectivity index is 1.78. The maximum absolute atomic E-state index is 12.5. The summed E-state index contributed by atoms with van der Waals surface area (Å²) < 4.78 is 0. The van der Waals surface area contributed by atoms with E-state index in [4.69, 9.17) is 0 Å². The van der Waals surface area contributed by atoms with Crippen LogP contribution < -0.4 is 5.32 Å². The third kappa shape index (κ3) is 2.58. The van der Waals surface area contributed by atoms with Crippen molar-refractivity contribution in [3.05, 3.63) is 36.0 Å². The summed E-state index contributed by atoms with van der Waals surface area (Å²) >= 11 is 0. The van der Waals surface area contributed by atoms with Crippen LogP contribution in [0.15, 0.2) is 30.5 Å². The highest BCUT2D eigenvalue weighted by Crippen LogP contribution is 2.24. The topological polar surface area (TPSA) is 44.9 Å². The van der Waals surface area contributed by atoms with Gasteiger partial charge in [-0.3, -0.25) is 4.79 Å². The number of benzene rings is 1. The number of fused-ring (bicyclic) bond motifs is 1. The first-order valence-electron chi connectivity index (χ1n) is 7.62. The molecule has 106 valence electrons. The predicted octanol–water partition coefficient (Wildman–Crippen LogP) is 3.87. The lowest BCUT2D eigenvalue weighted by atomic mass is 9.96. The molecule has 2 N–H and O–H groups in total. The molecule has 1 aliphatic rings. The highest BCUT2D eigenvalue weighted by molar-refractivity contribution is 6.06. The van der Waals surface area contributed by atoms with Crippen molar-refractivity contribution in [3.8, 4) is 0 Å². The van der Waals surface area contributed by atoms with Crippen LogP contribution in [0.3, 0.4) is 0 Å². The molecule has 1 amide bonds. The standard InChI is InChI=1S/C17H22N2O/c1-12-7-3-2-4-9-15(12)19-17(20)14-11-18-16-10-6-5-8-13(14)16/h5-6,8,10-12,15,18H,2-4,7,9H2,1H3,(H,19,20). The van der Waals surface area contributed by atoms with Gasteiger partial charge in [-0.25, -0.2) is 0 Å². The van der Waals surface area contributed by atoms with Gasteiger partial charge in [-0.15, -0.1) is 0 Å². The molecule has 0 saturated heterocycles. The molecule has 1 aromatic carbocycles. The summed E-state index contributed by atoms with van der Waals surface area (Å²) in [5.41, 5.74) is 1.78. The largest absolute Gasteiger partial charge is 0.360 e. The Bertz CT molecular complexity index is 602. The van der Waals surface area contributed by atoms with Crippen molar-refractivity contribution in [3.63, 3.8) is 0 Å². The molecule has 1 saturated carbocycles. The van der Waals surface area contributed by atoms with Gasteiger partial charge in [0.1, 0.15) is 0 Å². The molecular formula is C17H22N2O. The lowest BCUT2D eigenvalue weighted by molar-refractivity contribution is 0.0923. The van der Waals surface area contributed by atoms with E-state index in [0.29, 0.717) is 12.0 Å². The zero-order chi connectivity index (χ0) is 13.9. The van der Waals surface area contributed by atoms with Gasteiger partial charge >= 0.3 is 0 Å². The summed E-state index contributed by atoms with van der Waals surface area (Å²) in [7, 11) is 0. The van der Waals surface area contributed by atoms with Gasteiger partial charge in [-0.1, -0.05) is 44.4 Å². The van der Waals surface area contributed by atoms with E-state index in [1.54, 1.807) is 0 Å². The maximum Gasteiger partial charge on any atom is 0.253 e. The number of carbonyl (C=O) groups excluding carboxylic acids is 1. The van der Waals surface area contributed by atoms with Crippen molar-refractivity contribution in [2.45, 2.75) is 45.1 Å². The molecule has 1 fully saturated rings. The molecule has 1 aliphatic carbocycles. The van der Waals surface area contributed by atoms with Crippen molar-refractivity contribution >= 4 is 16.8 Å². The molecule has 2 aromatic rings. The molecule has 1 heterocycles. The number of rotatable bonds is 2.